The molecule has 1 N–H and O–H groups in total. The van der Waals surface area contributed by atoms with E-state index in [2.05, 4.69) is 90.2 Å². The van der Waals surface area contributed by atoms with Crippen molar-refractivity contribution in [3.8, 4) is 0 Å². The number of anilines is 2. The van der Waals surface area contributed by atoms with E-state index in [-0.39, 0.29) is 10.8 Å². The second kappa shape index (κ2) is 6.24. The van der Waals surface area contributed by atoms with Gasteiger partial charge >= 0.3 is 0 Å². The minimum Gasteiger partial charge on any atom is -0.354 e. The van der Waals surface area contributed by atoms with Crippen molar-refractivity contribution in [1.82, 2.24) is 0 Å². The quantitative estimate of drug-likeness (QED) is 0.590. The third-order valence-electron chi connectivity index (χ3n) is 4.20. The lowest BCUT2D eigenvalue weighted by Gasteiger charge is -2.28. The Labute approximate surface area is 146 Å². The lowest BCUT2D eigenvalue weighted by Crippen LogP contribution is -2.18. The van der Waals surface area contributed by atoms with E-state index in [0.29, 0.717) is 0 Å². The molecule has 0 saturated heterocycles. The molecule has 0 aliphatic rings. The molecule has 0 spiro atoms. The first-order valence-electron chi connectivity index (χ1n) is 8.21. The molecule has 0 aliphatic carbocycles. The Balaban J connectivity index is 2.60. The number of para-hydroxylation sites is 1. The van der Waals surface area contributed by atoms with Gasteiger partial charge in [-0.1, -0.05) is 65.8 Å². The maximum Gasteiger partial charge on any atom is 0.0525 e. The maximum atomic E-state index is 4.85. The molecule has 0 radical (unpaired) electrons. The van der Waals surface area contributed by atoms with Gasteiger partial charge in [0, 0.05) is 10.6 Å². The summed E-state index contributed by atoms with van der Waals surface area (Å²) in [4.78, 5) is 1.04. The van der Waals surface area contributed by atoms with Gasteiger partial charge in [0.15, 0.2) is 0 Å². The van der Waals surface area contributed by atoms with Crippen LogP contribution in [0.1, 0.15) is 58.2 Å². The van der Waals surface area contributed by atoms with Gasteiger partial charge < -0.3 is 5.32 Å². The third kappa shape index (κ3) is 4.11. The van der Waals surface area contributed by atoms with E-state index in [1.165, 1.54) is 16.7 Å². The van der Waals surface area contributed by atoms with Crippen LogP contribution in [0.4, 0.5) is 11.4 Å². The summed E-state index contributed by atoms with van der Waals surface area (Å²) in [5, 5.41) is 3.59. The van der Waals surface area contributed by atoms with Crippen LogP contribution < -0.4 is 5.32 Å². The van der Waals surface area contributed by atoms with E-state index in [0.717, 1.165) is 16.3 Å². The van der Waals surface area contributed by atoms with Gasteiger partial charge in [-0.25, -0.2) is 0 Å². The van der Waals surface area contributed by atoms with E-state index in [1.54, 1.807) is 0 Å². The fraction of sp³-hybridized carbons (Fsp3) is 0.429. The number of thiol groups is 1. The van der Waals surface area contributed by atoms with Gasteiger partial charge in [0.25, 0.3) is 0 Å². The van der Waals surface area contributed by atoms with Gasteiger partial charge in [-0.3, -0.25) is 0 Å². The van der Waals surface area contributed by atoms with Gasteiger partial charge in [-0.2, -0.15) is 0 Å². The van der Waals surface area contributed by atoms with Crippen LogP contribution in [0.15, 0.2) is 41.3 Å². The zero-order chi connectivity index (χ0) is 17.4. The Kier molecular flexibility index (Phi) is 4.86. The molecule has 0 saturated carbocycles. The summed E-state index contributed by atoms with van der Waals surface area (Å²) in [5.74, 6) is 0. The van der Waals surface area contributed by atoms with Gasteiger partial charge in [0.1, 0.15) is 0 Å². The molecular formula is C21H29NS. The molecule has 2 rings (SSSR count). The summed E-state index contributed by atoms with van der Waals surface area (Å²) >= 11 is 4.85. The van der Waals surface area contributed by atoms with Gasteiger partial charge in [0.2, 0.25) is 0 Å². The van der Waals surface area contributed by atoms with Crippen LogP contribution in [-0.4, -0.2) is 0 Å². The van der Waals surface area contributed by atoms with Crippen LogP contribution in [0.3, 0.4) is 0 Å². The highest BCUT2D eigenvalue weighted by atomic mass is 32.1. The number of hydrogen-bond donors (Lipinski definition) is 2. The fourth-order valence-corrected chi connectivity index (χ4v) is 3.11. The maximum absolute atomic E-state index is 4.85. The molecule has 23 heavy (non-hydrogen) atoms. The standard InChI is InChI=1S/C21H29NS/c1-14-10-8-9-11-17(14)22-18-13-15(20(2,3)4)12-16(19(18)23)21(5,6)7/h8-13,22-23H,1-7H3. The largest absolute Gasteiger partial charge is 0.354 e. The van der Waals surface area contributed by atoms with Crippen molar-refractivity contribution < 1.29 is 0 Å². The molecule has 124 valence electrons. The van der Waals surface area contributed by atoms with E-state index in [1.807, 2.05) is 0 Å². The van der Waals surface area contributed by atoms with Crippen molar-refractivity contribution in [2.75, 3.05) is 5.32 Å². The normalized spacial score (nSPS) is 12.3. The smallest absolute Gasteiger partial charge is 0.0525 e. The minimum atomic E-state index is 0.0561. The second-order valence-corrected chi connectivity index (χ2v) is 8.81. The van der Waals surface area contributed by atoms with Crippen molar-refractivity contribution in [1.29, 1.82) is 0 Å². The summed E-state index contributed by atoms with van der Waals surface area (Å²) in [6, 6.07) is 12.9. The molecule has 2 aromatic carbocycles. The second-order valence-electron chi connectivity index (χ2n) is 8.36. The van der Waals surface area contributed by atoms with Crippen molar-refractivity contribution in [3.63, 3.8) is 0 Å². The summed E-state index contributed by atoms with van der Waals surface area (Å²) in [6.45, 7) is 15.6. The monoisotopic (exact) mass is 327 g/mol. The van der Waals surface area contributed by atoms with E-state index < -0.39 is 0 Å². The molecule has 2 heteroatoms. The molecule has 0 unspecified atom stereocenters. The molecule has 0 heterocycles. The highest BCUT2D eigenvalue weighted by Gasteiger charge is 2.24. The lowest BCUT2D eigenvalue weighted by molar-refractivity contribution is 0.560. The Hall–Kier alpha value is -1.41. The number of hydrogen-bond acceptors (Lipinski definition) is 2. The predicted octanol–water partition coefficient (Wildman–Crippen LogP) is 6.62. The van der Waals surface area contributed by atoms with Crippen LogP contribution in [-0.2, 0) is 10.8 Å². The van der Waals surface area contributed by atoms with Crippen molar-refractivity contribution in [2.24, 2.45) is 0 Å². The van der Waals surface area contributed by atoms with Crippen molar-refractivity contribution >= 4 is 24.0 Å². The molecule has 0 bridgehead atoms. The van der Waals surface area contributed by atoms with Crippen LogP contribution in [0.2, 0.25) is 0 Å². The predicted molar refractivity (Wildman–Crippen MR) is 106 cm³/mol. The van der Waals surface area contributed by atoms with Crippen LogP contribution in [0.25, 0.3) is 0 Å². The fourth-order valence-electron chi connectivity index (χ4n) is 2.59. The Morgan fingerprint density at radius 1 is 0.826 bits per heavy atom. The SMILES string of the molecule is Cc1ccccc1Nc1cc(C(C)(C)C)cc(C(C)(C)C)c1S. The number of nitrogens with one attached hydrogen (secondary N) is 1. The number of benzene rings is 2. The van der Waals surface area contributed by atoms with E-state index in [4.69, 9.17) is 12.6 Å². The summed E-state index contributed by atoms with van der Waals surface area (Å²) in [7, 11) is 0. The molecule has 0 aliphatic heterocycles. The molecular weight excluding hydrogens is 298 g/mol. The molecule has 0 atom stereocenters. The molecule has 0 aromatic heterocycles. The average molecular weight is 328 g/mol. The van der Waals surface area contributed by atoms with Crippen LogP contribution >= 0.6 is 12.6 Å². The third-order valence-corrected chi connectivity index (χ3v) is 4.68. The topological polar surface area (TPSA) is 12.0 Å². The Bertz CT molecular complexity index is 703. The minimum absolute atomic E-state index is 0.0561. The lowest BCUT2D eigenvalue weighted by atomic mass is 9.80. The number of rotatable bonds is 2. The van der Waals surface area contributed by atoms with Crippen LogP contribution in [0, 0.1) is 6.92 Å². The first kappa shape index (κ1) is 17.9. The Morgan fingerprint density at radius 2 is 1.43 bits per heavy atom. The first-order chi connectivity index (χ1) is 10.5. The first-order valence-corrected chi connectivity index (χ1v) is 8.65. The molecule has 1 nitrogen and oxygen atoms in total. The number of aryl methyl sites for hydroxylation is 1. The summed E-state index contributed by atoms with van der Waals surface area (Å²) < 4.78 is 0. The van der Waals surface area contributed by atoms with Crippen LogP contribution in [0.5, 0.6) is 0 Å². The van der Waals surface area contributed by atoms with Gasteiger partial charge in [-0.05, 0) is 46.6 Å². The molecule has 2 aromatic rings. The van der Waals surface area contributed by atoms with Crippen molar-refractivity contribution in [2.45, 2.75) is 64.2 Å². The van der Waals surface area contributed by atoms with E-state index in [9.17, 15) is 0 Å². The average Bonchev–Trinajstić information content (AvgIpc) is 2.40. The van der Waals surface area contributed by atoms with Gasteiger partial charge in [-0.15, -0.1) is 12.6 Å². The molecule has 0 fully saturated rings. The summed E-state index contributed by atoms with van der Waals surface area (Å²) in [6.07, 6.45) is 0. The summed E-state index contributed by atoms with van der Waals surface area (Å²) in [5.41, 5.74) is 6.22. The van der Waals surface area contributed by atoms with E-state index >= 15 is 0 Å². The van der Waals surface area contributed by atoms with Gasteiger partial charge in [0.05, 0.1) is 5.69 Å². The highest BCUT2D eigenvalue weighted by molar-refractivity contribution is 7.80. The van der Waals surface area contributed by atoms with Crippen molar-refractivity contribution in [3.05, 3.63) is 53.1 Å². The Morgan fingerprint density at radius 3 is 1.96 bits per heavy atom. The zero-order valence-electron chi connectivity index (χ0n) is 15.4. The highest BCUT2D eigenvalue weighted by Crippen LogP contribution is 2.39. The molecule has 0 amide bonds. The zero-order valence-corrected chi connectivity index (χ0v) is 16.3.